The maximum atomic E-state index is 12.6. The van der Waals surface area contributed by atoms with Gasteiger partial charge in [-0.15, -0.1) is 11.3 Å². The number of carbonyl (C=O) groups is 1. The second-order valence-electron chi connectivity index (χ2n) is 7.75. The highest BCUT2D eigenvalue weighted by molar-refractivity contribution is 7.92. The number of piperazine rings is 1. The van der Waals surface area contributed by atoms with Crippen molar-refractivity contribution in [1.29, 1.82) is 0 Å². The number of hydrogen-bond donors (Lipinski definition) is 1. The molecule has 2 aromatic carbocycles. The van der Waals surface area contributed by atoms with Crippen LogP contribution >= 0.6 is 11.3 Å². The van der Waals surface area contributed by atoms with Gasteiger partial charge in [-0.05, 0) is 35.9 Å². The Hall–Kier alpha value is -3.05. The van der Waals surface area contributed by atoms with Gasteiger partial charge in [0.1, 0.15) is 5.75 Å². The molecule has 10 heteroatoms. The van der Waals surface area contributed by atoms with E-state index in [1.165, 1.54) is 21.1 Å². The Kier molecular flexibility index (Phi) is 7.73. The van der Waals surface area contributed by atoms with Gasteiger partial charge in [0.15, 0.2) is 5.13 Å². The van der Waals surface area contributed by atoms with Crippen molar-refractivity contribution in [2.75, 3.05) is 45.2 Å². The first kappa shape index (κ1) is 24.1. The predicted octanol–water partition coefficient (Wildman–Crippen LogP) is 3.38. The highest BCUT2D eigenvalue weighted by atomic mass is 32.2. The van der Waals surface area contributed by atoms with Crippen LogP contribution in [0.15, 0.2) is 65.4 Å². The molecule has 4 rings (SSSR count). The zero-order valence-electron chi connectivity index (χ0n) is 18.8. The molecule has 1 aromatic heterocycles. The Morgan fingerprint density at radius 2 is 1.79 bits per heavy atom. The average Bonchev–Trinajstić information content (AvgIpc) is 3.32. The Bertz CT molecular complexity index is 1230. The molecule has 1 aliphatic rings. The molecule has 0 bridgehead atoms. The molecule has 1 saturated heterocycles. The topological polar surface area (TPSA) is 91.8 Å². The first-order valence-corrected chi connectivity index (χ1v) is 13.2. The van der Waals surface area contributed by atoms with Crippen molar-refractivity contribution in [2.45, 2.75) is 0 Å². The molecular weight excluding hydrogens is 472 g/mol. The number of nitrogens with zero attached hydrogens (tertiary/aromatic N) is 3. The van der Waals surface area contributed by atoms with Crippen LogP contribution < -0.4 is 10.1 Å². The molecule has 1 amide bonds. The van der Waals surface area contributed by atoms with E-state index in [2.05, 4.69) is 10.3 Å². The third-order valence-corrected chi connectivity index (χ3v) is 7.75. The molecule has 1 N–H and O–H groups in total. The van der Waals surface area contributed by atoms with Gasteiger partial charge in [0.05, 0.1) is 19.3 Å². The highest BCUT2D eigenvalue weighted by Crippen LogP contribution is 2.26. The number of carbonyl (C=O) groups excluding carboxylic acids is 1. The third-order valence-electron chi connectivity index (χ3n) is 5.43. The lowest BCUT2D eigenvalue weighted by atomic mass is 10.2. The average molecular weight is 499 g/mol. The number of anilines is 1. The molecule has 3 aromatic rings. The predicted molar refractivity (Wildman–Crippen MR) is 135 cm³/mol. The summed E-state index contributed by atoms with van der Waals surface area (Å²) in [5, 5.41) is 6.51. The van der Waals surface area contributed by atoms with Gasteiger partial charge in [-0.25, -0.2) is 13.4 Å². The molecule has 1 fully saturated rings. The lowest BCUT2D eigenvalue weighted by Gasteiger charge is -2.32. The van der Waals surface area contributed by atoms with Gasteiger partial charge in [0.2, 0.25) is 15.9 Å². The van der Waals surface area contributed by atoms with Crippen LogP contribution in [0.25, 0.3) is 17.3 Å². The highest BCUT2D eigenvalue weighted by Gasteiger charge is 2.26. The molecule has 0 aliphatic carbocycles. The fourth-order valence-corrected chi connectivity index (χ4v) is 5.45. The standard InChI is InChI=1S/C24H26N4O4S2/c1-32-21-9-7-20(8-10-21)22-18-33-24(25-22)26-23(29)17-27-12-14-28(15-13-27)34(30,31)16-11-19-5-3-2-4-6-19/h2-11,16,18H,12-15,17H2,1H3,(H,25,26,29)/b16-11+. The van der Waals surface area contributed by atoms with Crippen LogP contribution in [0.2, 0.25) is 0 Å². The van der Waals surface area contributed by atoms with Crippen LogP contribution in [0.4, 0.5) is 5.13 Å². The van der Waals surface area contributed by atoms with E-state index < -0.39 is 10.0 Å². The maximum Gasteiger partial charge on any atom is 0.240 e. The van der Waals surface area contributed by atoms with Gasteiger partial charge in [0.25, 0.3) is 0 Å². The zero-order valence-corrected chi connectivity index (χ0v) is 20.4. The zero-order chi connectivity index (χ0) is 24.0. The van der Waals surface area contributed by atoms with Crippen LogP contribution in [0.1, 0.15) is 5.56 Å². The molecule has 178 valence electrons. The molecule has 0 atom stereocenters. The van der Waals surface area contributed by atoms with Gasteiger partial charge in [-0.2, -0.15) is 4.31 Å². The van der Waals surface area contributed by atoms with E-state index in [0.29, 0.717) is 31.3 Å². The number of aromatic nitrogens is 1. The van der Waals surface area contributed by atoms with Gasteiger partial charge in [-0.1, -0.05) is 30.3 Å². The molecule has 0 saturated carbocycles. The molecule has 0 radical (unpaired) electrons. The largest absolute Gasteiger partial charge is 0.497 e. The van der Waals surface area contributed by atoms with Crippen LogP contribution in [-0.4, -0.2) is 68.3 Å². The number of sulfonamides is 1. The van der Waals surface area contributed by atoms with Crippen LogP contribution in [0, 0.1) is 0 Å². The smallest absolute Gasteiger partial charge is 0.240 e. The maximum absolute atomic E-state index is 12.6. The Morgan fingerprint density at radius 3 is 2.47 bits per heavy atom. The third kappa shape index (κ3) is 6.29. The van der Waals surface area contributed by atoms with Crippen molar-refractivity contribution in [3.05, 3.63) is 70.9 Å². The Morgan fingerprint density at radius 1 is 1.09 bits per heavy atom. The number of nitrogens with one attached hydrogen (secondary N) is 1. The molecular formula is C24H26N4O4S2. The number of thiazole rings is 1. The second kappa shape index (κ2) is 10.9. The minimum atomic E-state index is -3.50. The Labute approximate surface area is 203 Å². The van der Waals surface area contributed by atoms with Gasteiger partial charge in [0, 0.05) is 42.5 Å². The number of ether oxygens (including phenoxy) is 1. The number of hydrogen-bond acceptors (Lipinski definition) is 7. The summed E-state index contributed by atoms with van der Waals surface area (Å²) in [7, 11) is -1.88. The van der Waals surface area contributed by atoms with Crippen LogP contribution in [-0.2, 0) is 14.8 Å². The van der Waals surface area contributed by atoms with Crippen LogP contribution in [0.5, 0.6) is 5.75 Å². The summed E-state index contributed by atoms with van der Waals surface area (Å²) in [6.07, 6.45) is 1.60. The fourth-order valence-electron chi connectivity index (χ4n) is 3.54. The summed E-state index contributed by atoms with van der Waals surface area (Å²) in [6, 6.07) is 16.9. The van der Waals surface area contributed by atoms with Crippen molar-refractivity contribution in [3.8, 4) is 17.0 Å². The minimum Gasteiger partial charge on any atom is -0.497 e. The van der Waals surface area contributed by atoms with Crippen molar-refractivity contribution in [3.63, 3.8) is 0 Å². The number of amides is 1. The molecule has 0 spiro atoms. The van der Waals surface area contributed by atoms with E-state index in [1.54, 1.807) is 13.2 Å². The molecule has 0 unspecified atom stereocenters. The van der Waals surface area contributed by atoms with E-state index in [9.17, 15) is 13.2 Å². The van der Waals surface area contributed by atoms with Crippen molar-refractivity contribution in [1.82, 2.24) is 14.2 Å². The van der Waals surface area contributed by atoms with E-state index >= 15 is 0 Å². The van der Waals surface area contributed by atoms with Crippen LogP contribution in [0.3, 0.4) is 0 Å². The normalized spacial score (nSPS) is 15.4. The first-order valence-electron chi connectivity index (χ1n) is 10.8. The summed E-state index contributed by atoms with van der Waals surface area (Å²) in [6.45, 7) is 1.84. The van der Waals surface area contributed by atoms with E-state index in [-0.39, 0.29) is 12.5 Å². The molecule has 8 nitrogen and oxygen atoms in total. The summed E-state index contributed by atoms with van der Waals surface area (Å²) in [5.41, 5.74) is 2.56. The van der Waals surface area contributed by atoms with Gasteiger partial charge < -0.3 is 10.1 Å². The van der Waals surface area contributed by atoms with E-state index in [4.69, 9.17) is 4.74 Å². The number of benzene rings is 2. The van der Waals surface area contributed by atoms with Crippen molar-refractivity contribution in [2.24, 2.45) is 0 Å². The van der Waals surface area contributed by atoms with Gasteiger partial charge >= 0.3 is 0 Å². The van der Waals surface area contributed by atoms with E-state index in [0.717, 1.165) is 22.6 Å². The Balaban J connectivity index is 1.26. The fraction of sp³-hybridized carbons (Fsp3) is 0.250. The monoisotopic (exact) mass is 498 g/mol. The minimum absolute atomic E-state index is 0.170. The van der Waals surface area contributed by atoms with Gasteiger partial charge in [-0.3, -0.25) is 9.69 Å². The molecule has 2 heterocycles. The summed E-state index contributed by atoms with van der Waals surface area (Å²) in [4.78, 5) is 18.9. The quantitative estimate of drug-likeness (QED) is 0.512. The van der Waals surface area contributed by atoms with E-state index in [1.807, 2.05) is 64.9 Å². The SMILES string of the molecule is COc1ccc(-c2csc(NC(=O)CN3CCN(S(=O)(=O)/C=C/c4ccccc4)CC3)n2)cc1. The number of rotatable bonds is 8. The van der Waals surface area contributed by atoms with Crippen molar-refractivity contribution >= 4 is 38.5 Å². The molecule has 34 heavy (non-hydrogen) atoms. The summed E-state index contributed by atoms with van der Waals surface area (Å²) >= 11 is 1.36. The second-order valence-corrected chi connectivity index (χ2v) is 10.4. The summed E-state index contributed by atoms with van der Waals surface area (Å²) < 4.78 is 31.8. The molecule has 1 aliphatic heterocycles. The summed E-state index contributed by atoms with van der Waals surface area (Å²) in [5.74, 6) is 0.600. The number of methoxy groups -OCH3 is 1. The first-order chi connectivity index (χ1) is 16.4. The lowest BCUT2D eigenvalue weighted by Crippen LogP contribution is -2.49. The lowest BCUT2D eigenvalue weighted by molar-refractivity contribution is -0.117. The van der Waals surface area contributed by atoms with Crippen molar-refractivity contribution < 1.29 is 17.9 Å².